The molecule has 2 aliphatic rings. The summed E-state index contributed by atoms with van der Waals surface area (Å²) in [6.45, 7) is 3.06. The van der Waals surface area contributed by atoms with Crippen LogP contribution >= 0.6 is 0 Å². The Bertz CT molecular complexity index is 583. The number of carbonyl (C=O) groups is 1. The van der Waals surface area contributed by atoms with Gasteiger partial charge in [0.25, 0.3) is 0 Å². The molecule has 2 heterocycles. The second-order valence-corrected chi connectivity index (χ2v) is 6.28. The van der Waals surface area contributed by atoms with Crippen LogP contribution in [0.5, 0.6) is 11.5 Å². The molecule has 6 nitrogen and oxygen atoms in total. The third-order valence-corrected chi connectivity index (χ3v) is 4.88. The van der Waals surface area contributed by atoms with Gasteiger partial charge in [0.1, 0.15) is 0 Å². The van der Waals surface area contributed by atoms with E-state index in [0.29, 0.717) is 57.3 Å². The van der Waals surface area contributed by atoms with Crippen LogP contribution in [0.4, 0.5) is 0 Å². The summed E-state index contributed by atoms with van der Waals surface area (Å²) < 4.78 is 21.9. The van der Waals surface area contributed by atoms with Crippen LogP contribution in [-0.4, -0.2) is 63.5 Å². The molecule has 1 aromatic carbocycles. The van der Waals surface area contributed by atoms with E-state index in [-0.39, 0.29) is 11.4 Å². The number of aryl methyl sites for hydroxylation is 1. The van der Waals surface area contributed by atoms with E-state index in [1.165, 1.54) is 0 Å². The van der Waals surface area contributed by atoms with E-state index in [4.69, 9.17) is 18.9 Å². The van der Waals surface area contributed by atoms with Gasteiger partial charge in [-0.2, -0.15) is 0 Å². The standard InChI is InChI=1S/C18H25NO5/c1-21-15-5-3-4-14(17(15)22-2)6-7-16(20)19-9-11-24-13-18(19)8-10-23-12-18/h3-5H,6-13H2,1-2H3. The fraction of sp³-hybridized carbons (Fsp3) is 0.611. The van der Waals surface area contributed by atoms with Crippen molar-refractivity contribution in [3.8, 4) is 11.5 Å². The Morgan fingerprint density at radius 3 is 2.71 bits per heavy atom. The highest BCUT2D eigenvalue weighted by Gasteiger charge is 2.45. The van der Waals surface area contributed by atoms with Crippen LogP contribution in [0.1, 0.15) is 18.4 Å². The Balaban J connectivity index is 1.69. The average Bonchev–Trinajstić information content (AvgIpc) is 3.08. The van der Waals surface area contributed by atoms with Crippen molar-refractivity contribution in [3.63, 3.8) is 0 Å². The van der Waals surface area contributed by atoms with Crippen LogP contribution < -0.4 is 9.47 Å². The number of para-hydroxylation sites is 1. The summed E-state index contributed by atoms with van der Waals surface area (Å²) in [6, 6.07) is 5.75. The zero-order valence-electron chi connectivity index (χ0n) is 14.4. The van der Waals surface area contributed by atoms with Crippen molar-refractivity contribution in [1.29, 1.82) is 0 Å². The molecule has 1 amide bonds. The second kappa shape index (κ2) is 7.40. The van der Waals surface area contributed by atoms with Crippen molar-refractivity contribution in [2.75, 3.05) is 47.2 Å². The molecule has 2 fully saturated rings. The average molecular weight is 335 g/mol. The number of morpholine rings is 1. The summed E-state index contributed by atoms with van der Waals surface area (Å²) in [5.74, 6) is 1.54. The molecule has 0 radical (unpaired) electrons. The van der Waals surface area contributed by atoms with Crippen molar-refractivity contribution in [3.05, 3.63) is 23.8 Å². The molecule has 0 saturated carbocycles. The number of ether oxygens (including phenoxy) is 4. The van der Waals surface area contributed by atoms with E-state index in [9.17, 15) is 4.79 Å². The largest absolute Gasteiger partial charge is 0.493 e. The van der Waals surface area contributed by atoms with E-state index >= 15 is 0 Å². The smallest absolute Gasteiger partial charge is 0.223 e. The highest BCUT2D eigenvalue weighted by atomic mass is 16.5. The van der Waals surface area contributed by atoms with Gasteiger partial charge in [0.05, 0.1) is 39.6 Å². The van der Waals surface area contributed by atoms with Gasteiger partial charge in [-0.15, -0.1) is 0 Å². The van der Waals surface area contributed by atoms with E-state index in [1.807, 2.05) is 23.1 Å². The summed E-state index contributed by atoms with van der Waals surface area (Å²) in [7, 11) is 3.24. The number of nitrogens with zero attached hydrogens (tertiary/aromatic N) is 1. The van der Waals surface area contributed by atoms with Crippen molar-refractivity contribution < 1.29 is 23.7 Å². The first-order valence-electron chi connectivity index (χ1n) is 8.36. The molecule has 0 N–H and O–H groups in total. The maximum absolute atomic E-state index is 12.8. The topological polar surface area (TPSA) is 57.2 Å². The highest BCUT2D eigenvalue weighted by molar-refractivity contribution is 5.77. The second-order valence-electron chi connectivity index (χ2n) is 6.28. The Labute approximate surface area is 142 Å². The number of hydrogen-bond donors (Lipinski definition) is 0. The van der Waals surface area contributed by atoms with Gasteiger partial charge in [0.15, 0.2) is 11.5 Å². The van der Waals surface area contributed by atoms with Crippen molar-refractivity contribution in [2.45, 2.75) is 24.8 Å². The van der Waals surface area contributed by atoms with Crippen molar-refractivity contribution in [1.82, 2.24) is 4.90 Å². The van der Waals surface area contributed by atoms with E-state index in [0.717, 1.165) is 12.0 Å². The number of rotatable bonds is 5. The lowest BCUT2D eigenvalue weighted by molar-refractivity contribution is -0.149. The molecule has 2 aliphatic heterocycles. The van der Waals surface area contributed by atoms with Gasteiger partial charge in [-0.1, -0.05) is 12.1 Å². The van der Waals surface area contributed by atoms with E-state index in [2.05, 4.69) is 0 Å². The van der Waals surface area contributed by atoms with Gasteiger partial charge in [0.2, 0.25) is 5.91 Å². The lowest BCUT2D eigenvalue weighted by Crippen LogP contribution is -2.59. The molecular weight excluding hydrogens is 310 g/mol. The third kappa shape index (κ3) is 3.21. The quantitative estimate of drug-likeness (QED) is 0.819. The molecule has 6 heteroatoms. The zero-order valence-corrected chi connectivity index (χ0v) is 14.4. The SMILES string of the molecule is COc1cccc(CCC(=O)N2CCOCC23CCOC3)c1OC. The Morgan fingerprint density at radius 1 is 1.21 bits per heavy atom. The highest BCUT2D eigenvalue weighted by Crippen LogP contribution is 2.33. The first-order chi connectivity index (χ1) is 11.7. The first kappa shape index (κ1) is 17.0. The molecule has 132 valence electrons. The van der Waals surface area contributed by atoms with Crippen LogP contribution in [0.15, 0.2) is 18.2 Å². The molecule has 1 spiro atoms. The summed E-state index contributed by atoms with van der Waals surface area (Å²) in [5.41, 5.74) is 0.712. The summed E-state index contributed by atoms with van der Waals surface area (Å²) in [5, 5.41) is 0. The first-order valence-corrected chi connectivity index (χ1v) is 8.36. The third-order valence-electron chi connectivity index (χ3n) is 4.88. The molecule has 24 heavy (non-hydrogen) atoms. The lowest BCUT2D eigenvalue weighted by atomic mass is 9.95. The molecule has 3 rings (SSSR count). The molecule has 0 bridgehead atoms. The van der Waals surface area contributed by atoms with Gasteiger partial charge in [-0.05, 0) is 24.5 Å². The van der Waals surface area contributed by atoms with Gasteiger partial charge in [-0.3, -0.25) is 4.79 Å². The zero-order chi connectivity index (χ0) is 17.0. The minimum atomic E-state index is -0.270. The fourth-order valence-electron chi connectivity index (χ4n) is 3.57. The van der Waals surface area contributed by atoms with Crippen LogP contribution in [0.3, 0.4) is 0 Å². The normalized spacial score (nSPS) is 23.5. The number of hydrogen-bond acceptors (Lipinski definition) is 5. The van der Waals surface area contributed by atoms with Gasteiger partial charge in [0, 0.05) is 19.6 Å². The maximum atomic E-state index is 12.8. The number of methoxy groups -OCH3 is 2. The number of benzene rings is 1. The number of amides is 1. The van der Waals surface area contributed by atoms with Crippen molar-refractivity contribution >= 4 is 5.91 Å². The molecule has 1 unspecified atom stereocenters. The molecule has 0 aliphatic carbocycles. The summed E-state index contributed by atoms with van der Waals surface area (Å²) in [4.78, 5) is 14.8. The molecule has 2 saturated heterocycles. The summed E-state index contributed by atoms with van der Waals surface area (Å²) in [6.07, 6.45) is 1.90. The lowest BCUT2D eigenvalue weighted by Gasteiger charge is -2.43. The molecule has 1 atom stereocenters. The predicted octanol–water partition coefficient (Wildman–Crippen LogP) is 1.65. The van der Waals surface area contributed by atoms with Crippen molar-refractivity contribution in [2.24, 2.45) is 0 Å². The minimum absolute atomic E-state index is 0.147. The minimum Gasteiger partial charge on any atom is -0.493 e. The van der Waals surface area contributed by atoms with Crippen LogP contribution in [0, 0.1) is 0 Å². The number of carbonyl (C=O) groups excluding carboxylic acids is 1. The van der Waals surface area contributed by atoms with Gasteiger partial charge < -0.3 is 23.8 Å². The van der Waals surface area contributed by atoms with E-state index in [1.54, 1.807) is 14.2 Å². The summed E-state index contributed by atoms with van der Waals surface area (Å²) >= 11 is 0. The van der Waals surface area contributed by atoms with E-state index < -0.39 is 0 Å². The maximum Gasteiger partial charge on any atom is 0.223 e. The monoisotopic (exact) mass is 335 g/mol. The van der Waals surface area contributed by atoms with Crippen LogP contribution in [0.25, 0.3) is 0 Å². The van der Waals surface area contributed by atoms with Crippen LogP contribution in [0.2, 0.25) is 0 Å². The Morgan fingerprint density at radius 2 is 2.00 bits per heavy atom. The molecular formula is C18H25NO5. The van der Waals surface area contributed by atoms with Gasteiger partial charge in [-0.25, -0.2) is 0 Å². The fourth-order valence-corrected chi connectivity index (χ4v) is 3.57. The predicted molar refractivity (Wildman–Crippen MR) is 88.6 cm³/mol. The molecule has 1 aromatic rings. The Kier molecular flexibility index (Phi) is 5.26. The van der Waals surface area contributed by atoms with Gasteiger partial charge >= 0.3 is 0 Å². The molecule has 0 aromatic heterocycles. The Hall–Kier alpha value is -1.79. The van der Waals surface area contributed by atoms with Crippen LogP contribution in [-0.2, 0) is 20.7 Å².